The molecule has 1 aliphatic heterocycles. The van der Waals surface area contributed by atoms with Gasteiger partial charge in [0.1, 0.15) is 5.82 Å². The molecule has 180 valence electrons. The van der Waals surface area contributed by atoms with Crippen LogP contribution in [-0.2, 0) is 0 Å². The molecule has 1 N–H and O–H groups in total. The fraction of sp³-hybridized carbons (Fsp3) is 0.440. The monoisotopic (exact) mass is 483 g/mol. The first-order valence-electron chi connectivity index (χ1n) is 11.6. The van der Waals surface area contributed by atoms with E-state index in [0.29, 0.717) is 27.7 Å². The molecule has 1 aromatic carbocycles. The molecule has 3 heterocycles. The third kappa shape index (κ3) is 4.86. The van der Waals surface area contributed by atoms with Crippen molar-refractivity contribution in [2.45, 2.75) is 58.2 Å². The lowest BCUT2D eigenvalue weighted by molar-refractivity contribution is 0.101. The van der Waals surface area contributed by atoms with Crippen molar-refractivity contribution < 1.29 is 14.0 Å². The zero-order chi connectivity index (χ0) is 24.4. The van der Waals surface area contributed by atoms with Crippen LogP contribution in [0.25, 0.3) is 5.69 Å². The van der Waals surface area contributed by atoms with Gasteiger partial charge in [0.05, 0.1) is 17.5 Å². The number of carbonyl (C=O) groups excluding carboxylic acids is 2. The van der Waals surface area contributed by atoms with E-state index in [2.05, 4.69) is 27.0 Å². The number of carbonyl (C=O) groups is 2. The SMILES string of the molecule is CC(=O)c1c(C)[nH]c(C(=O)CSc2nnc([C@@H](C)N3CCCCC3)n2-c2ccc(F)cc2)c1C. The zero-order valence-corrected chi connectivity index (χ0v) is 20.8. The van der Waals surface area contributed by atoms with Gasteiger partial charge in [-0.05, 0) is 83.5 Å². The van der Waals surface area contributed by atoms with Crippen molar-refractivity contribution in [2.24, 2.45) is 0 Å². The van der Waals surface area contributed by atoms with E-state index in [-0.39, 0.29) is 29.2 Å². The normalized spacial score (nSPS) is 15.4. The number of aromatic nitrogens is 4. The number of H-pyrrole nitrogens is 1. The second-order valence-electron chi connectivity index (χ2n) is 8.82. The fourth-order valence-electron chi connectivity index (χ4n) is 4.71. The molecule has 0 saturated carbocycles. The van der Waals surface area contributed by atoms with Crippen LogP contribution in [0.3, 0.4) is 0 Å². The summed E-state index contributed by atoms with van der Waals surface area (Å²) in [4.78, 5) is 30.4. The molecule has 2 aromatic heterocycles. The van der Waals surface area contributed by atoms with E-state index in [9.17, 15) is 14.0 Å². The molecule has 0 aliphatic carbocycles. The lowest BCUT2D eigenvalue weighted by Crippen LogP contribution is -2.33. The largest absolute Gasteiger partial charge is 0.355 e. The van der Waals surface area contributed by atoms with E-state index >= 15 is 0 Å². The Morgan fingerprint density at radius 1 is 1.12 bits per heavy atom. The highest BCUT2D eigenvalue weighted by Gasteiger charge is 2.26. The number of nitrogens with one attached hydrogen (secondary N) is 1. The van der Waals surface area contributed by atoms with Crippen molar-refractivity contribution in [3.63, 3.8) is 0 Å². The van der Waals surface area contributed by atoms with E-state index < -0.39 is 0 Å². The third-order valence-corrected chi connectivity index (χ3v) is 7.38. The Morgan fingerprint density at radius 2 is 1.79 bits per heavy atom. The summed E-state index contributed by atoms with van der Waals surface area (Å²) in [5, 5.41) is 9.48. The smallest absolute Gasteiger partial charge is 0.196 e. The zero-order valence-electron chi connectivity index (χ0n) is 20.0. The molecule has 0 spiro atoms. The number of thioether (sulfide) groups is 1. The van der Waals surface area contributed by atoms with Gasteiger partial charge in [-0.3, -0.25) is 19.1 Å². The van der Waals surface area contributed by atoms with Gasteiger partial charge in [0.2, 0.25) is 0 Å². The molecule has 4 rings (SSSR count). The summed E-state index contributed by atoms with van der Waals surface area (Å²) in [6.45, 7) is 9.21. The summed E-state index contributed by atoms with van der Waals surface area (Å²) in [7, 11) is 0. The number of rotatable bonds is 8. The molecule has 3 aromatic rings. The first-order valence-corrected chi connectivity index (χ1v) is 12.6. The molecule has 0 amide bonds. The molecule has 1 fully saturated rings. The number of halogens is 1. The second-order valence-corrected chi connectivity index (χ2v) is 9.76. The van der Waals surface area contributed by atoms with Gasteiger partial charge in [-0.1, -0.05) is 18.2 Å². The molecule has 0 radical (unpaired) electrons. The van der Waals surface area contributed by atoms with Gasteiger partial charge < -0.3 is 4.98 Å². The summed E-state index contributed by atoms with van der Waals surface area (Å²) in [5.74, 6) is 0.415. The Labute approximate surface area is 203 Å². The number of aryl methyl sites for hydroxylation is 1. The Hall–Kier alpha value is -2.78. The molecule has 1 saturated heterocycles. The van der Waals surface area contributed by atoms with Gasteiger partial charge in [-0.15, -0.1) is 10.2 Å². The summed E-state index contributed by atoms with van der Waals surface area (Å²) in [6, 6.07) is 6.27. The average Bonchev–Trinajstić information content (AvgIpc) is 3.38. The molecule has 0 bridgehead atoms. The molecule has 34 heavy (non-hydrogen) atoms. The van der Waals surface area contributed by atoms with Gasteiger partial charge in [0.15, 0.2) is 22.5 Å². The Kier molecular flexibility index (Phi) is 7.33. The first kappa shape index (κ1) is 24.3. The Bertz CT molecular complexity index is 1190. The van der Waals surface area contributed by atoms with E-state index in [1.54, 1.807) is 26.0 Å². The second kappa shape index (κ2) is 10.2. The van der Waals surface area contributed by atoms with E-state index in [1.165, 1.54) is 37.2 Å². The maximum atomic E-state index is 13.6. The lowest BCUT2D eigenvalue weighted by atomic mass is 10.1. The average molecular weight is 484 g/mol. The predicted octanol–water partition coefficient (Wildman–Crippen LogP) is 5.08. The van der Waals surface area contributed by atoms with Gasteiger partial charge in [-0.25, -0.2) is 4.39 Å². The Morgan fingerprint density at radius 3 is 2.41 bits per heavy atom. The molecular formula is C25H30FN5O2S. The van der Waals surface area contributed by atoms with Crippen molar-refractivity contribution in [3.05, 3.63) is 58.4 Å². The minimum absolute atomic E-state index is 0.0364. The number of benzene rings is 1. The maximum Gasteiger partial charge on any atom is 0.196 e. The summed E-state index contributed by atoms with van der Waals surface area (Å²) < 4.78 is 15.5. The van der Waals surface area contributed by atoms with Gasteiger partial charge in [0, 0.05) is 16.9 Å². The number of ketones is 2. The number of piperidine rings is 1. The van der Waals surface area contributed by atoms with Crippen LogP contribution >= 0.6 is 11.8 Å². The molecule has 1 atom stereocenters. The fourth-order valence-corrected chi connectivity index (χ4v) is 5.54. The highest BCUT2D eigenvalue weighted by molar-refractivity contribution is 7.99. The summed E-state index contributed by atoms with van der Waals surface area (Å²) in [5.41, 5.74) is 3.15. The first-order chi connectivity index (χ1) is 16.3. The van der Waals surface area contributed by atoms with Crippen LogP contribution in [0.4, 0.5) is 4.39 Å². The van der Waals surface area contributed by atoms with Crippen LogP contribution in [0.1, 0.15) is 77.1 Å². The number of likely N-dealkylation sites (tertiary alicyclic amines) is 1. The molecule has 9 heteroatoms. The summed E-state index contributed by atoms with van der Waals surface area (Å²) >= 11 is 1.29. The van der Waals surface area contributed by atoms with Crippen LogP contribution < -0.4 is 0 Å². The number of hydrogen-bond acceptors (Lipinski definition) is 6. The highest BCUT2D eigenvalue weighted by Crippen LogP contribution is 2.30. The molecule has 1 aliphatic rings. The number of Topliss-reactive ketones (excluding diaryl/α,β-unsaturated/α-hetero) is 2. The molecule has 7 nitrogen and oxygen atoms in total. The lowest BCUT2D eigenvalue weighted by Gasteiger charge is -2.31. The molecule has 0 unspecified atom stereocenters. The highest BCUT2D eigenvalue weighted by atomic mass is 32.2. The van der Waals surface area contributed by atoms with E-state index in [1.807, 2.05) is 4.57 Å². The van der Waals surface area contributed by atoms with E-state index in [0.717, 1.165) is 37.4 Å². The minimum Gasteiger partial charge on any atom is -0.355 e. The maximum absolute atomic E-state index is 13.6. The number of aromatic amines is 1. The van der Waals surface area contributed by atoms with Crippen molar-refractivity contribution in [1.82, 2.24) is 24.6 Å². The van der Waals surface area contributed by atoms with Crippen molar-refractivity contribution in [2.75, 3.05) is 18.8 Å². The van der Waals surface area contributed by atoms with Crippen LogP contribution in [0.2, 0.25) is 0 Å². The summed E-state index contributed by atoms with van der Waals surface area (Å²) in [6.07, 6.45) is 3.55. The van der Waals surface area contributed by atoms with Gasteiger partial charge in [0.25, 0.3) is 0 Å². The standard InChI is InChI=1S/C25H30FN5O2S/c1-15-22(18(4)32)16(2)27-23(15)21(33)14-34-25-29-28-24(17(3)30-12-6-5-7-13-30)31(25)20-10-8-19(26)9-11-20/h8-11,17,27H,5-7,12-14H2,1-4H3/t17-/m1/s1. The van der Waals surface area contributed by atoms with Gasteiger partial charge in [-0.2, -0.15) is 0 Å². The van der Waals surface area contributed by atoms with Crippen LogP contribution in [0.15, 0.2) is 29.4 Å². The van der Waals surface area contributed by atoms with Crippen molar-refractivity contribution in [1.29, 1.82) is 0 Å². The van der Waals surface area contributed by atoms with Crippen LogP contribution in [0, 0.1) is 19.7 Å². The minimum atomic E-state index is -0.314. The van der Waals surface area contributed by atoms with Gasteiger partial charge >= 0.3 is 0 Å². The quantitative estimate of drug-likeness (QED) is 0.356. The third-order valence-electron chi connectivity index (χ3n) is 6.46. The predicted molar refractivity (Wildman–Crippen MR) is 130 cm³/mol. The molecular weight excluding hydrogens is 453 g/mol. The number of hydrogen-bond donors (Lipinski definition) is 1. The van der Waals surface area contributed by atoms with Crippen LogP contribution in [-0.4, -0.2) is 55.1 Å². The number of nitrogens with zero attached hydrogens (tertiary/aromatic N) is 4. The van der Waals surface area contributed by atoms with E-state index in [4.69, 9.17) is 0 Å². The topological polar surface area (TPSA) is 83.9 Å². The van der Waals surface area contributed by atoms with Crippen molar-refractivity contribution >= 4 is 23.3 Å². The van der Waals surface area contributed by atoms with Crippen molar-refractivity contribution in [3.8, 4) is 5.69 Å². The van der Waals surface area contributed by atoms with Crippen LogP contribution in [0.5, 0.6) is 0 Å². The Balaban J connectivity index is 1.62.